The number of hydrogen-bond acceptors (Lipinski definition) is 3. The Labute approximate surface area is 193 Å². The number of benzene rings is 1. The normalized spacial score (nSPS) is 14.8. The summed E-state index contributed by atoms with van der Waals surface area (Å²) >= 11 is 6.00. The second-order valence-electron chi connectivity index (χ2n) is 9.90. The Hall–Kier alpha value is -2.53. The van der Waals surface area contributed by atoms with Crippen LogP contribution in [0.5, 0.6) is 0 Å². The molecule has 3 aromatic rings. The van der Waals surface area contributed by atoms with Crippen molar-refractivity contribution in [2.45, 2.75) is 65.8 Å². The fourth-order valence-corrected chi connectivity index (χ4v) is 4.55. The minimum Gasteiger partial charge on any atom is -0.481 e. The van der Waals surface area contributed by atoms with Gasteiger partial charge in [0, 0.05) is 34.5 Å². The minimum absolute atomic E-state index is 0.0153. The number of carboxylic acids is 1. The van der Waals surface area contributed by atoms with Crippen LogP contribution in [0.15, 0.2) is 34.7 Å². The number of halogens is 1. The standard InChI is InChI=1S/C26H30ClNO4/c1-15(2)17-8-10-20-19(12-17)23(24(29)16-6-5-7-16)21(13-26(3,4)25(30)31)28(20)14-18-9-11-22(27)32-18/h8-12,15-16H,5-7,13-14H2,1-4H3,(H,30,31). The summed E-state index contributed by atoms with van der Waals surface area (Å²) in [4.78, 5) is 25.7. The molecule has 5 nitrogen and oxygen atoms in total. The Morgan fingerprint density at radius 1 is 1.22 bits per heavy atom. The molecule has 6 heteroatoms. The van der Waals surface area contributed by atoms with Gasteiger partial charge in [0.25, 0.3) is 0 Å². The van der Waals surface area contributed by atoms with Gasteiger partial charge >= 0.3 is 5.97 Å². The van der Waals surface area contributed by atoms with Gasteiger partial charge in [0.15, 0.2) is 11.0 Å². The lowest BCUT2D eigenvalue weighted by molar-refractivity contribution is -0.146. The molecule has 2 aromatic heterocycles. The molecular weight excluding hydrogens is 426 g/mol. The fourth-order valence-electron chi connectivity index (χ4n) is 4.38. The highest BCUT2D eigenvalue weighted by Gasteiger charge is 2.36. The van der Waals surface area contributed by atoms with Gasteiger partial charge in [0.05, 0.1) is 12.0 Å². The first kappa shape index (κ1) is 22.7. The van der Waals surface area contributed by atoms with Crippen molar-refractivity contribution in [3.63, 3.8) is 0 Å². The lowest BCUT2D eigenvalue weighted by Gasteiger charge is -2.26. The fraction of sp³-hybridized carbons (Fsp3) is 0.462. The molecule has 0 bridgehead atoms. The molecule has 0 spiro atoms. The average molecular weight is 456 g/mol. The van der Waals surface area contributed by atoms with Crippen LogP contribution in [0.2, 0.25) is 5.22 Å². The number of Topliss-reactive ketones (excluding diaryl/α,β-unsaturated/α-hetero) is 1. The molecule has 1 saturated carbocycles. The summed E-state index contributed by atoms with van der Waals surface area (Å²) in [5.41, 5.74) is 2.49. The topological polar surface area (TPSA) is 72.4 Å². The molecule has 32 heavy (non-hydrogen) atoms. The predicted octanol–water partition coefficient (Wildman–Crippen LogP) is 6.70. The molecule has 2 heterocycles. The van der Waals surface area contributed by atoms with Crippen LogP contribution in [0, 0.1) is 11.3 Å². The number of carbonyl (C=O) groups excluding carboxylic acids is 1. The summed E-state index contributed by atoms with van der Waals surface area (Å²) < 4.78 is 7.67. The van der Waals surface area contributed by atoms with E-state index in [2.05, 4.69) is 26.0 Å². The predicted molar refractivity (Wildman–Crippen MR) is 126 cm³/mol. The number of hydrogen-bond donors (Lipinski definition) is 1. The zero-order valence-corrected chi connectivity index (χ0v) is 19.8. The summed E-state index contributed by atoms with van der Waals surface area (Å²) in [6.45, 7) is 8.06. The maximum absolute atomic E-state index is 13.7. The Morgan fingerprint density at radius 2 is 1.94 bits per heavy atom. The molecule has 1 aliphatic rings. The minimum atomic E-state index is -1.03. The van der Waals surface area contributed by atoms with E-state index in [4.69, 9.17) is 16.0 Å². The maximum atomic E-state index is 13.7. The van der Waals surface area contributed by atoms with Crippen molar-refractivity contribution in [3.8, 4) is 0 Å². The van der Waals surface area contributed by atoms with Crippen LogP contribution in [0.1, 0.15) is 80.3 Å². The van der Waals surface area contributed by atoms with Crippen LogP contribution in [0.3, 0.4) is 0 Å². The monoisotopic (exact) mass is 455 g/mol. The van der Waals surface area contributed by atoms with E-state index in [9.17, 15) is 14.7 Å². The second kappa shape index (κ2) is 8.43. The van der Waals surface area contributed by atoms with Crippen molar-refractivity contribution in [1.29, 1.82) is 0 Å². The number of rotatable bonds is 8. The third kappa shape index (κ3) is 4.11. The number of fused-ring (bicyclic) bond motifs is 1. The molecule has 0 amide bonds. The van der Waals surface area contributed by atoms with Crippen LogP contribution in [0.4, 0.5) is 0 Å². The van der Waals surface area contributed by atoms with Crippen LogP contribution < -0.4 is 0 Å². The molecule has 0 unspecified atom stereocenters. The lowest BCUT2D eigenvalue weighted by Crippen LogP contribution is -2.29. The number of carboxylic acid groups (broad SMARTS) is 1. The number of furan rings is 1. The molecule has 170 valence electrons. The number of aliphatic carboxylic acids is 1. The SMILES string of the molecule is CC(C)c1ccc2c(c1)c(C(=O)C1CCC1)c(CC(C)(C)C(=O)O)n2Cc1ccc(Cl)o1. The smallest absolute Gasteiger partial charge is 0.309 e. The summed E-state index contributed by atoms with van der Waals surface area (Å²) in [6.07, 6.45) is 3.10. The van der Waals surface area contributed by atoms with E-state index in [1.165, 1.54) is 0 Å². The van der Waals surface area contributed by atoms with Crippen molar-refractivity contribution in [2.75, 3.05) is 0 Å². The van der Waals surface area contributed by atoms with Crippen LogP contribution in [-0.2, 0) is 17.8 Å². The third-order valence-electron chi connectivity index (χ3n) is 6.72. The van der Waals surface area contributed by atoms with E-state index >= 15 is 0 Å². The highest BCUT2D eigenvalue weighted by atomic mass is 35.5. The van der Waals surface area contributed by atoms with Gasteiger partial charge in [0.1, 0.15) is 5.76 Å². The average Bonchev–Trinajstić information content (AvgIpc) is 3.21. The van der Waals surface area contributed by atoms with Crippen molar-refractivity contribution in [3.05, 3.63) is 58.1 Å². The van der Waals surface area contributed by atoms with Crippen LogP contribution >= 0.6 is 11.6 Å². The molecule has 4 rings (SSSR count). The van der Waals surface area contributed by atoms with E-state index in [0.29, 0.717) is 29.0 Å². The van der Waals surface area contributed by atoms with Gasteiger partial charge in [-0.15, -0.1) is 0 Å². The number of carbonyl (C=O) groups is 2. The molecule has 1 aromatic carbocycles. The van der Waals surface area contributed by atoms with E-state index in [0.717, 1.165) is 41.4 Å². The quantitative estimate of drug-likeness (QED) is 0.384. The van der Waals surface area contributed by atoms with E-state index in [-0.39, 0.29) is 18.1 Å². The summed E-state index contributed by atoms with van der Waals surface area (Å²) in [6, 6.07) is 9.75. The van der Waals surface area contributed by atoms with Crippen LogP contribution in [-0.4, -0.2) is 21.4 Å². The van der Waals surface area contributed by atoms with Gasteiger partial charge < -0.3 is 14.1 Å². The van der Waals surface area contributed by atoms with Crippen molar-refractivity contribution in [2.24, 2.45) is 11.3 Å². The molecule has 0 radical (unpaired) electrons. The van der Waals surface area contributed by atoms with E-state index in [1.807, 2.05) is 16.7 Å². The van der Waals surface area contributed by atoms with Gasteiger partial charge in [-0.25, -0.2) is 0 Å². The third-order valence-corrected chi connectivity index (χ3v) is 6.92. The highest BCUT2D eigenvalue weighted by molar-refractivity contribution is 6.28. The van der Waals surface area contributed by atoms with Gasteiger partial charge in [-0.3, -0.25) is 9.59 Å². The van der Waals surface area contributed by atoms with Crippen LogP contribution in [0.25, 0.3) is 10.9 Å². The summed E-state index contributed by atoms with van der Waals surface area (Å²) in [5.74, 6) is 0.241. The molecule has 1 fully saturated rings. The van der Waals surface area contributed by atoms with Crippen molar-refractivity contribution >= 4 is 34.3 Å². The zero-order chi connectivity index (χ0) is 23.2. The number of ketones is 1. The van der Waals surface area contributed by atoms with E-state index in [1.54, 1.807) is 19.9 Å². The first-order chi connectivity index (χ1) is 15.1. The van der Waals surface area contributed by atoms with Crippen molar-refractivity contribution in [1.82, 2.24) is 4.57 Å². The molecule has 0 saturated heterocycles. The Kier molecular flexibility index (Phi) is 5.97. The van der Waals surface area contributed by atoms with Gasteiger partial charge in [-0.05, 0) is 74.0 Å². The molecule has 0 atom stereocenters. The molecule has 1 N–H and O–H groups in total. The first-order valence-electron chi connectivity index (χ1n) is 11.3. The molecular formula is C26H30ClNO4. The second-order valence-corrected chi connectivity index (χ2v) is 10.3. The van der Waals surface area contributed by atoms with Gasteiger partial charge in [0.2, 0.25) is 0 Å². The lowest BCUT2D eigenvalue weighted by atomic mass is 9.78. The Bertz CT molecular complexity index is 1180. The number of nitrogens with zero attached hydrogens (tertiary/aromatic N) is 1. The largest absolute Gasteiger partial charge is 0.481 e. The number of aromatic nitrogens is 1. The first-order valence-corrected chi connectivity index (χ1v) is 11.6. The Balaban J connectivity index is 1.97. The summed E-state index contributed by atoms with van der Waals surface area (Å²) in [5, 5.41) is 11.1. The van der Waals surface area contributed by atoms with Gasteiger partial charge in [-0.2, -0.15) is 0 Å². The zero-order valence-electron chi connectivity index (χ0n) is 19.1. The van der Waals surface area contributed by atoms with Gasteiger partial charge in [-0.1, -0.05) is 26.3 Å². The molecule has 0 aliphatic heterocycles. The summed E-state index contributed by atoms with van der Waals surface area (Å²) in [7, 11) is 0. The van der Waals surface area contributed by atoms with Crippen molar-refractivity contribution < 1.29 is 19.1 Å². The maximum Gasteiger partial charge on any atom is 0.309 e. The van der Waals surface area contributed by atoms with E-state index < -0.39 is 11.4 Å². The molecule has 1 aliphatic carbocycles. The Morgan fingerprint density at radius 3 is 2.47 bits per heavy atom. The highest BCUT2D eigenvalue weighted by Crippen LogP contribution is 2.39.